The van der Waals surface area contributed by atoms with Gasteiger partial charge in [0.15, 0.2) is 11.6 Å². The molecule has 0 spiro atoms. The summed E-state index contributed by atoms with van der Waals surface area (Å²) in [6.45, 7) is 3.82. The van der Waals surface area contributed by atoms with Crippen molar-refractivity contribution >= 4 is 6.08 Å². The molecule has 3 heteroatoms. The Kier molecular flexibility index (Phi) is 3.86. The highest BCUT2D eigenvalue weighted by atomic mass is 19.1. The molecule has 0 saturated heterocycles. The fourth-order valence-corrected chi connectivity index (χ4v) is 1.17. The number of ether oxygens (including phenoxy) is 1. The van der Waals surface area contributed by atoms with Gasteiger partial charge in [0.25, 0.3) is 0 Å². The van der Waals surface area contributed by atoms with Crippen LogP contribution in [0, 0.1) is 5.82 Å². The molecule has 1 aromatic carbocycles. The highest BCUT2D eigenvalue weighted by Crippen LogP contribution is 2.19. The number of halogens is 1. The summed E-state index contributed by atoms with van der Waals surface area (Å²) >= 11 is 0. The molecule has 2 nitrogen and oxygen atoms in total. The Hall–Kier alpha value is -1.35. The van der Waals surface area contributed by atoms with Crippen molar-refractivity contribution in [2.45, 2.75) is 19.9 Å². The van der Waals surface area contributed by atoms with Crippen molar-refractivity contribution in [2.24, 2.45) is 5.73 Å². The van der Waals surface area contributed by atoms with E-state index in [0.29, 0.717) is 0 Å². The number of rotatable bonds is 3. The number of hydrogen-bond acceptors (Lipinski definition) is 2. The third-order valence-corrected chi connectivity index (χ3v) is 2.29. The summed E-state index contributed by atoms with van der Waals surface area (Å²) in [6, 6.07) is 4.82. The fourth-order valence-electron chi connectivity index (χ4n) is 1.17. The van der Waals surface area contributed by atoms with Crippen molar-refractivity contribution in [1.29, 1.82) is 0 Å². The normalized spacial score (nSPS) is 13.8. The average molecular weight is 209 g/mol. The first-order chi connectivity index (χ1) is 7.04. The van der Waals surface area contributed by atoms with E-state index in [-0.39, 0.29) is 17.6 Å². The molecule has 15 heavy (non-hydrogen) atoms. The molecule has 0 radical (unpaired) electrons. The number of nitrogens with two attached hydrogens (primary N) is 1. The number of methoxy groups -OCH3 is 1. The summed E-state index contributed by atoms with van der Waals surface area (Å²) in [7, 11) is 1.45. The lowest BCUT2D eigenvalue weighted by Crippen LogP contribution is -2.15. The first-order valence-corrected chi connectivity index (χ1v) is 4.82. The van der Waals surface area contributed by atoms with E-state index in [9.17, 15) is 4.39 Å². The average Bonchev–Trinajstić information content (AvgIpc) is 2.18. The minimum Gasteiger partial charge on any atom is -0.494 e. The highest BCUT2D eigenvalue weighted by Gasteiger charge is 2.03. The number of hydrogen-bond donors (Lipinski definition) is 1. The molecule has 1 rings (SSSR count). The van der Waals surface area contributed by atoms with Gasteiger partial charge in [0, 0.05) is 6.04 Å². The minimum atomic E-state index is -0.358. The van der Waals surface area contributed by atoms with Crippen molar-refractivity contribution < 1.29 is 9.13 Å². The van der Waals surface area contributed by atoms with Gasteiger partial charge in [-0.05, 0) is 31.5 Å². The Bertz CT molecular complexity index is 372. The molecule has 0 aliphatic carbocycles. The Labute approximate surface area is 89.6 Å². The van der Waals surface area contributed by atoms with Gasteiger partial charge >= 0.3 is 0 Å². The molecule has 0 aliphatic heterocycles. The summed E-state index contributed by atoms with van der Waals surface area (Å²) in [4.78, 5) is 0. The smallest absolute Gasteiger partial charge is 0.165 e. The van der Waals surface area contributed by atoms with E-state index in [4.69, 9.17) is 10.5 Å². The van der Waals surface area contributed by atoms with E-state index in [1.165, 1.54) is 13.2 Å². The maximum absolute atomic E-state index is 13.3. The summed E-state index contributed by atoms with van der Waals surface area (Å²) < 4.78 is 18.1. The molecule has 0 aromatic heterocycles. The van der Waals surface area contributed by atoms with Crippen LogP contribution in [0.1, 0.15) is 19.4 Å². The molecule has 0 saturated carbocycles. The quantitative estimate of drug-likeness (QED) is 0.830. The van der Waals surface area contributed by atoms with Crippen molar-refractivity contribution in [3.05, 3.63) is 35.2 Å². The van der Waals surface area contributed by atoms with E-state index in [0.717, 1.165) is 11.1 Å². The zero-order chi connectivity index (χ0) is 11.4. The van der Waals surface area contributed by atoms with Gasteiger partial charge in [-0.1, -0.05) is 17.7 Å². The van der Waals surface area contributed by atoms with E-state index in [1.807, 2.05) is 19.9 Å². The Morgan fingerprint density at radius 2 is 2.20 bits per heavy atom. The molecule has 0 aliphatic rings. The molecule has 82 valence electrons. The summed E-state index contributed by atoms with van der Waals surface area (Å²) in [6.07, 6.45) is 1.87. The zero-order valence-corrected chi connectivity index (χ0v) is 9.25. The van der Waals surface area contributed by atoms with Gasteiger partial charge in [-0.3, -0.25) is 0 Å². The first-order valence-electron chi connectivity index (χ1n) is 4.82. The van der Waals surface area contributed by atoms with Gasteiger partial charge in [-0.15, -0.1) is 0 Å². The van der Waals surface area contributed by atoms with Crippen LogP contribution in [-0.2, 0) is 0 Å². The lowest BCUT2D eigenvalue weighted by molar-refractivity contribution is 0.386. The van der Waals surface area contributed by atoms with Crippen LogP contribution in [0.5, 0.6) is 5.75 Å². The van der Waals surface area contributed by atoms with Gasteiger partial charge < -0.3 is 10.5 Å². The molecular formula is C12H16FNO. The second-order valence-corrected chi connectivity index (χ2v) is 3.57. The van der Waals surface area contributed by atoms with Crippen LogP contribution >= 0.6 is 0 Å². The van der Waals surface area contributed by atoms with Crippen LogP contribution in [0.25, 0.3) is 6.08 Å². The molecule has 1 atom stereocenters. The third-order valence-electron chi connectivity index (χ3n) is 2.29. The monoisotopic (exact) mass is 209 g/mol. The van der Waals surface area contributed by atoms with Crippen molar-refractivity contribution in [3.8, 4) is 5.75 Å². The van der Waals surface area contributed by atoms with Gasteiger partial charge in [0.05, 0.1) is 7.11 Å². The minimum absolute atomic E-state index is 0.0184. The summed E-state index contributed by atoms with van der Waals surface area (Å²) in [5.74, 6) is -0.102. The van der Waals surface area contributed by atoms with Crippen LogP contribution in [-0.4, -0.2) is 13.2 Å². The van der Waals surface area contributed by atoms with Crippen molar-refractivity contribution in [2.75, 3.05) is 7.11 Å². The molecule has 0 fully saturated rings. The van der Waals surface area contributed by atoms with Crippen molar-refractivity contribution in [3.63, 3.8) is 0 Å². The zero-order valence-electron chi connectivity index (χ0n) is 9.25. The van der Waals surface area contributed by atoms with E-state index in [2.05, 4.69) is 0 Å². The Morgan fingerprint density at radius 3 is 2.67 bits per heavy atom. The Morgan fingerprint density at radius 1 is 1.53 bits per heavy atom. The molecular weight excluding hydrogens is 193 g/mol. The van der Waals surface area contributed by atoms with Gasteiger partial charge in [-0.2, -0.15) is 0 Å². The fraction of sp³-hybridized carbons (Fsp3) is 0.333. The first kappa shape index (κ1) is 11.7. The van der Waals surface area contributed by atoms with Crippen LogP contribution in [0.3, 0.4) is 0 Å². The van der Waals surface area contributed by atoms with Gasteiger partial charge in [-0.25, -0.2) is 4.39 Å². The topological polar surface area (TPSA) is 35.2 Å². The maximum atomic E-state index is 13.3. The largest absolute Gasteiger partial charge is 0.494 e. The van der Waals surface area contributed by atoms with E-state index < -0.39 is 0 Å². The van der Waals surface area contributed by atoms with Crippen molar-refractivity contribution in [1.82, 2.24) is 0 Å². The summed E-state index contributed by atoms with van der Waals surface area (Å²) in [5, 5.41) is 0. The van der Waals surface area contributed by atoms with Gasteiger partial charge in [0.2, 0.25) is 0 Å². The van der Waals surface area contributed by atoms with Crippen LogP contribution in [0.4, 0.5) is 4.39 Å². The molecule has 0 amide bonds. The van der Waals surface area contributed by atoms with Crippen LogP contribution < -0.4 is 10.5 Å². The molecule has 1 aromatic rings. The molecule has 2 N–H and O–H groups in total. The van der Waals surface area contributed by atoms with Crippen LogP contribution in [0.2, 0.25) is 0 Å². The molecule has 0 bridgehead atoms. The maximum Gasteiger partial charge on any atom is 0.165 e. The predicted octanol–water partition coefficient (Wildman–Crippen LogP) is 2.58. The second kappa shape index (κ2) is 4.94. The lowest BCUT2D eigenvalue weighted by Gasteiger charge is -2.06. The summed E-state index contributed by atoms with van der Waals surface area (Å²) in [5.41, 5.74) is 7.50. The van der Waals surface area contributed by atoms with Gasteiger partial charge in [0.1, 0.15) is 0 Å². The van der Waals surface area contributed by atoms with E-state index in [1.54, 1.807) is 12.1 Å². The highest BCUT2D eigenvalue weighted by molar-refractivity contribution is 5.54. The lowest BCUT2D eigenvalue weighted by atomic mass is 10.1. The SMILES string of the molecule is COc1ccc(/C=C(/C)C(C)N)cc1F. The molecule has 0 heterocycles. The van der Waals surface area contributed by atoms with E-state index >= 15 is 0 Å². The Balaban J connectivity index is 2.98. The number of benzene rings is 1. The van der Waals surface area contributed by atoms with Crippen LogP contribution in [0.15, 0.2) is 23.8 Å². The standard InChI is InChI=1S/C12H16FNO/c1-8(9(2)14)6-10-4-5-12(15-3)11(13)7-10/h4-7,9H,14H2,1-3H3/b8-6-. The molecule has 1 unspecified atom stereocenters. The second-order valence-electron chi connectivity index (χ2n) is 3.57. The third kappa shape index (κ3) is 3.06. The predicted molar refractivity (Wildman–Crippen MR) is 60.3 cm³/mol.